The summed E-state index contributed by atoms with van der Waals surface area (Å²) in [4.78, 5) is 28.0. The SMILES string of the molecule is NC(=O)CCCCOc1ncc(C(=O)N[C@@H]2CCCC[C@H]2O)cc1-c1ccc(Cl)cc1. The van der Waals surface area contributed by atoms with Crippen molar-refractivity contribution in [3.8, 4) is 17.0 Å². The van der Waals surface area contributed by atoms with Crippen molar-refractivity contribution in [1.82, 2.24) is 10.3 Å². The molecule has 1 fully saturated rings. The fraction of sp³-hybridized carbons (Fsp3) is 0.435. The predicted molar refractivity (Wildman–Crippen MR) is 119 cm³/mol. The summed E-state index contributed by atoms with van der Waals surface area (Å²) in [5.74, 6) is -0.212. The third-order valence-corrected chi connectivity index (χ3v) is 5.62. The first-order chi connectivity index (χ1) is 14.9. The van der Waals surface area contributed by atoms with Crippen LogP contribution in [0.5, 0.6) is 5.88 Å². The molecule has 1 aromatic carbocycles. The molecule has 1 heterocycles. The van der Waals surface area contributed by atoms with Crippen molar-refractivity contribution < 1.29 is 19.4 Å². The topological polar surface area (TPSA) is 115 Å². The first-order valence-electron chi connectivity index (χ1n) is 10.6. The van der Waals surface area contributed by atoms with Crippen LogP contribution in [0.15, 0.2) is 36.5 Å². The van der Waals surface area contributed by atoms with Crippen molar-refractivity contribution in [3.63, 3.8) is 0 Å². The summed E-state index contributed by atoms with van der Waals surface area (Å²) < 4.78 is 5.84. The number of primary amides is 1. The van der Waals surface area contributed by atoms with Crippen LogP contribution in [-0.2, 0) is 4.79 Å². The van der Waals surface area contributed by atoms with E-state index in [9.17, 15) is 14.7 Å². The van der Waals surface area contributed by atoms with Gasteiger partial charge in [0.25, 0.3) is 5.91 Å². The van der Waals surface area contributed by atoms with Crippen LogP contribution in [-0.4, -0.2) is 40.7 Å². The average Bonchev–Trinajstić information content (AvgIpc) is 2.75. The Morgan fingerprint density at radius 3 is 2.65 bits per heavy atom. The molecular weight excluding hydrogens is 418 g/mol. The lowest BCUT2D eigenvalue weighted by Gasteiger charge is -2.28. The minimum absolute atomic E-state index is 0.249. The highest BCUT2D eigenvalue weighted by Gasteiger charge is 2.25. The smallest absolute Gasteiger partial charge is 0.253 e. The number of carbonyl (C=O) groups is 2. The second-order valence-corrected chi connectivity index (χ2v) is 8.22. The summed E-state index contributed by atoms with van der Waals surface area (Å²) in [6.45, 7) is 0.376. The van der Waals surface area contributed by atoms with Crippen molar-refractivity contribution in [3.05, 3.63) is 47.1 Å². The van der Waals surface area contributed by atoms with Gasteiger partial charge in [-0.1, -0.05) is 36.6 Å². The van der Waals surface area contributed by atoms with E-state index in [1.807, 2.05) is 12.1 Å². The summed E-state index contributed by atoms with van der Waals surface area (Å²) >= 11 is 6.01. The molecule has 4 N–H and O–H groups in total. The van der Waals surface area contributed by atoms with Gasteiger partial charge in [-0.15, -0.1) is 0 Å². The van der Waals surface area contributed by atoms with Crippen molar-refractivity contribution in [2.24, 2.45) is 5.73 Å². The molecule has 0 aliphatic heterocycles. The van der Waals surface area contributed by atoms with Gasteiger partial charge < -0.3 is 20.9 Å². The Bertz CT molecular complexity index is 904. The van der Waals surface area contributed by atoms with E-state index < -0.39 is 6.10 Å². The Hall–Kier alpha value is -2.64. The van der Waals surface area contributed by atoms with E-state index in [2.05, 4.69) is 10.3 Å². The van der Waals surface area contributed by atoms with Crippen LogP contribution in [0.1, 0.15) is 55.3 Å². The highest BCUT2D eigenvalue weighted by Crippen LogP contribution is 2.30. The Morgan fingerprint density at radius 1 is 1.19 bits per heavy atom. The normalized spacial score (nSPS) is 18.4. The van der Waals surface area contributed by atoms with Gasteiger partial charge in [-0.3, -0.25) is 9.59 Å². The van der Waals surface area contributed by atoms with Gasteiger partial charge in [-0.05, 0) is 49.4 Å². The largest absolute Gasteiger partial charge is 0.477 e. The van der Waals surface area contributed by atoms with Gasteiger partial charge in [0.05, 0.1) is 24.3 Å². The standard InChI is InChI=1S/C23H28ClN3O4/c24-17-10-8-15(9-11-17)18-13-16(22(30)27-19-5-1-2-6-20(19)28)14-26-23(18)31-12-4-3-7-21(25)29/h8-11,13-14,19-20,28H,1-7,12H2,(H2,25,29)(H,27,30)/t19-,20-/m1/s1. The Morgan fingerprint density at radius 2 is 1.94 bits per heavy atom. The number of benzene rings is 1. The minimum atomic E-state index is -0.524. The number of nitrogens with one attached hydrogen (secondary N) is 1. The molecule has 0 saturated heterocycles. The summed E-state index contributed by atoms with van der Waals surface area (Å²) in [6.07, 6.45) is 5.97. The van der Waals surface area contributed by atoms with Crippen LogP contribution in [0.25, 0.3) is 11.1 Å². The molecule has 3 rings (SSSR count). The molecule has 2 amide bonds. The molecule has 0 bridgehead atoms. The van der Waals surface area contributed by atoms with Gasteiger partial charge in [-0.2, -0.15) is 0 Å². The van der Waals surface area contributed by atoms with Crippen molar-refractivity contribution in [2.45, 2.75) is 57.1 Å². The number of aliphatic hydroxyl groups excluding tert-OH is 1. The molecule has 31 heavy (non-hydrogen) atoms. The monoisotopic (exact) mass is 445 g/mol. The van der Waals surface area contributed by atoms with Crippen LogP contribution in [0.2, 0.25) is 5.02 Å². The summed E-state index contributed by atoms with van der Waals surface area (Å²) in [7, 11) is 0. The van der Waals surface area contributed by atoms with E-state index in [4.69, 9.17) is 22.1 Å². The Kier molecular flexibility index (Phi) is 8.26. The number of amides is 2. The van der Waals surface area contributed by atoms with Gasteiger partial charge in [-0.25, -0.2) is 4.98 Å². The zero-order valence-corrected chi connectivity index (χ0v) is 18.1. The van der Waals surface area contributed by atoms with Gasteiger partial charge >= 0.3 is 0 Å². The number of carbonyl (C=O) groups excluding carboxylic acids is 2. The lowest BCUT2D eigenvalue weighted by atomic mass is 9.92. The van der Waals surface area contributed by atoms with Crippen molar-refractivity contribution >= 4 is 23.4 Å². The first kappa shape index (κ1) is 23.0. The number of hydrogen-bond acceptors (Lipinski definition) is 5. The number of rotatable bonds is 9. The molecule has 0 unspecified atom stereocenters. The zero-order chi connectivity index (χ0) is 22.2. The Balaban J connectivity index is 1.76. The molecule has 2 aromatic rings. The molecule has 166 valence electrons. The fourth-order valence-electron chi connectivity index (χ4n) is 3.63. The van der Waals surface area contributed by atoms with Gasteiger partial charge in [0.15, 0.2) is 0 Å². The average molecular weight is 446 g/mol. The third kappa shape index (κ3) is 6.67. The van der Waals surface area contributed by atoms with E-state index >= 15 is 0 Å². The van der Waals surface area contributed by atoms with Crippen LogP contribution < -0.4 is 15.8 Å². The molecule has 0 spiro atoms. The Labute approximate surface area is 187 Å². The fourth-order valence-corrected chi connectivity index (χ4v) is 3.76. The third-order valence-electron chi connectivity index (χ3n) is 5.37. The van der Waals surface area contributed by atoms with Crippen LogP contribution >= 0.6 is 11.6 Å². The molecule has 8 heteroatoms. The highest BCUT2D eigenvalue weighted by molar-refractivity contribution is 6.30. The van der Waals surface area contributed by atoms with E-state index in [1.165, 1.54) is 6.20 Å². The zero-order valence-electron chi connectivity index (χ0n) is 17.4. The molecule has 1 aliphatic rings. The van der Waals surface area contributed by atoms with E-state index in [0.717, 1.165) is 24.8 Å². The van der Waals surface area contributed by atoms with Crippen molar-refractivity contribution in [2.75, 3.05) is 6.61 Å². The van der Waals surface area contributed by atoms with Crippen LogP contribution in [0, 0.1) is 0 Å². The van der Waals surface area contributed by atoms with Gasteiger partial charge in [0.1, 0.15) is 0 Å². The molecule has 1 saturated carbocycles. The predicted octanol–water partition coefficient (Wildman–Crippen LogP) is 3.47. The summed E-state index contributed by atoms with van der Waals surface area (Å²) in [6, 6.07) is 8.69. The van der Waals surface area contributed by atoms with Crippen molar-refractivity contribution in [1.29, 1.82) is 0 Å². The number of ether oxygens (including phenoxy) is 1. The summed E-state index contributed by atoms with van der Waals surface area (Å²) in [5, 5.41) is 13.7. The van der Waals surface area contributed by atoms with Crippen LogP contribution in [0.3, 0.4) is 0 Å². The molecular formula is C23H28ClN3O4. The second kappa shape index (κ2) is 11.1. The molecule has 7 nitrogen and oxygen atoms in total. The maximum atomic E-state index is 12.8. The van der Waals surface area contributed by atoms with E-state index in [-0.39, 0.29) is 17.9 Å². The lowest BCUT2D eigenvalue weighted by Crippen LogP contribution is -2.45. The number of pyridine rings is 1. The molecule has 1 aliphatic carbocycles. The maximum absolute atomic E-state index is 12.8. The molecule has 2 atom stereocenters. The number of nitrogens with zero attached hydrogens (tertiary/aromatic N) is 1. The van der Waals surface area contributed by atoms with E-state index in [1.54, 1.807) is 18.2 Å². The first-order valence-corrected chi connectivity index (χ1v) is 11.0. The number of aromatic nitrogens is 1. The number of halogens is 1. The lowest BCUT2D eigenvalue weighted by molar-refractivity contribution is -0.118. The minimum Gasteiger partial charge on any atom is -0.477 e. The quantitative estimate of drug-likeness (QED) is 0.511. The number of unbranched alkanes of at least 4 members (excludes halogenated alkanes) is 1. The molecule has 1 aromatic heterocycles. The van der Waals surface area contributed by atoms with Gasteiger partial charge in [0.2, 0.25) is 11.8 Å². The number of hydrogen-bond donors (Lipinski definition) is 3. The number of aliphatic hydroxyl groups is 1. The summed E-state index contributed by atoms with van der Waals surface area (Å²) in [5.41, 5.74) is 7.04. The van der Waals surface area contributed by atoms with Gasteiger partial charge in [0, 0.05) is 23.2 Å². The maximum Gasteiger partial charge on any atom is 0.253 e. The highest BCUT2D eigenvalue weighted by atomic mass is 35.5. The second-order valence-electron chi connectivity index (χ2n) is 7.79. The number of nitrogens with two attached hydrogens (primary N) is 1. The van der Waals surface area contributed by atoms with Crippen LogP contribution in [0.4, 0.5) is 0 Å². The molecule has 0 radical (unpaired) electrons. The van der Waals surface area contributed by atoms with E-state index in [0.29, 0.717) is 54.3 Å².